The van der Waals surface area contributed by atoms with Crippen molar-refractivity contribution in [2.24, 2.45) is 5.73 Å². The molecule has 2 atom stereocenters. The number of hydrogen-bond donors (Lipinski definition) is 2. The maximum Gasteiger partial charge on any atom is 0.234 e. The van der Waals surface area contributed by atoms with Crippen molar-refractivity contribution in [1.29, 1.82) is 0 Å². The summed E-state index contributed by atoms with van der Waals surface area (Å²) < 4.78 is 5.76. The molecule has 0 bridgehead atoms. The molecular weight excluding hydrogens is 266 g/mol. The smallest absolute Gasteiger partial charge is 0.234 e. The van der Waals surface area contributed by atoms with Crippen LogP contribution in [0.5, 0.6) is 0 Å². The van der Waals surface area contributed by atoms with E-state index >= 15 is 0 Å². The van der Waals surface area contributed by atoms with Gasteiger partial charge in [-0.2, -0.15) is 0 Å². The summed E-state index contributed by atoms with van der Waals surface area (Å²) >= 11 is 0. The Bertz CT molecular complexity index is 442. The fraction of sp³-hybridized carbons (Fsp3) is 0.688. The molecule has 5 heteroatoms. The lowest BCUT2D eigenvalue weighted by Gasteiger charge is -2.32. The largest absolute Gasteiger partial charge is 0.465 e. The summed E-state index contributed by atoms with van der Waals surface area (Å²) in [6, 6.07) is 3.89. The standard InChI is InChI=1S/C16H29N3O2/c1-6-13(17)16(14-9-8-12(5)21-14)19(7-2)10-15(20)18-11(3)4/h8-9,11,13,16H,6-7,10,17H2,1-5H3,(H,18,20). The predicted molar refractivity (Wildman–Crippen MR) is 85.0 cm³/mol. The Morgan fingerprint density at radius 3 is 2.48 bits per heavy atom. The van der Waals surface area contributed by atoms with Gasteiger partial charge in [-0.25, -0.2) is 0 Å². The highest BCUT2D eigenvalue weighted by Gasteiger charge is 2.28. The van der Waals surface area contributed by atoms with Crippen LogP contribution in [0.25, 0.3) is 0 Å². The maximum atomic E-state index is 12.1. The molecule has 1 amide bonds. The third kappa shape index (κ3) is 5.17. The summed E-state index contributed by atoms with van der Waals surface area (Å²) in [7, 11) is 0. The zero-order valence-corrected chi connectivity index (χ0v) is 13.8. The molecular formula is C16H29N3O2. The SMILES string of the molecule is CCC(N)C(c1ccc(C)o1)N(CC)CC(=O)NC(C)C. The summed E-state index contributed by atoms with van der Waals surface area (Å²) in [4.78, 5) is 14.1. The van der Waals surface area contributed by atoms with Crippen molar-refractivity contribution in [3.63, 3.8) is 0 Å². The molecule has 120 valence electrons. The Morgan fingerprint density at radius 1 is 1.38 bits per heavy atom. The molecule has 21 heavy (non-hydrogen) atoms. The minimum Gasteiger partial charge on any atom is -0.465 e. The van der Waals surface area contributed by atoms with Crippen LogP contribution in [0.3, 0.4) is 0 Å². The van der Waals surface area contributed by atoms with Crippen LogP contribution in [0.15, 0.2) is 16.5 Å². The number of likely N-dealkylation sites (N-methyl/N-ethyl adjacent to an activating group) is 1. The molecule has 0 radical (unpaired) electrons. The second kappa shape index (κ2) is 8.20. The van der Waals surface area contributed by atoms with E-state index in [1.54, 1.807) is 0 Å². The van der Waals surface area contributed by atoms with E-state index in [-0.39, 0.29) is 24.0 Å². The van der Waals surface area contributed by atoms with Crippen molar-refractivity contribution in [2.45, 2.75) is 59.2 Å². The van der Waals surface area contributed by atoms with Crippen molar-refractivity contribution in [3.05, 3.63) is 23.7 Å². The van der Waals surface area contributed by atoms with E-state index in [2.05, 4.69) is 17.1 Å². The number of aryl methyl sites for hydroxylation is 1. The molecule has 1 rings (SSSR count). The van der Waals surface area contributed by atoms with Crippen LogP contribution in [0.4, 0.5) is 0 Å². The normalized spacial score (nSPS) is 14.5. The van der Waals surface area contributed by atoms with E-state index in [1.807, 2.05) is 39.8 Å². The second-order valence-corrected chi connectivity index (χ2v) is 5.75. The van der Waals surface area contributed by atoms with E-state index in [1.165, 1.54) is 0 Å². The Morgan fingerprint density at radius 2 is 2.05 bits per heavy atom. The molecule has 0 aliphatic carbocycles. The number of carbonyl (C=O) groups excluding carboxylic acids is 1. The van der Waals surface area contributed by atoms with Gasteiger partial charge in [0.2, 0.25) is 5.91 Å². The van der Waals surface area contributed by atoms with Crippen molar-refractivity contribution in [1.82, 2.24) is 10.2 Å². The number of nitrogens with two attached hydrogens (primary N) is 1. The topological polar surface area (TPSA) is 71.5 Å². The predicted octanol–water partition coefficient (Wildman–Crippen LogP) is 2.21. The minimum atomic E-state index is -0.0772. The van der Waals surface area contributed by atoms with E-state index in [0.29, 0.717) is 6.54 Å². The molecule has 0 aliphatic rings. The number of furan rings is 1. The van der Waals surface area contributed by atoms with E-state index in [4.69, 9.17) is 10.2 Å². The van der Waals surface area contributed by atoms with Crippen LogP contribution in [0.2, 0.25) is 0 Å². The van der Waals surface area contributed by atoms with Crippen LogP contribution in [-0.2, 0) is 4.79 Å². The lowest BCUT2D eigenvalue weighted by molar-refractivity contribution is -0.123. The molecule has 5 nitrogen and oxygen atoms in total. The average Bonchev–Trinajstić information content (AvgIpc) is 2.82. The number of hydrogen-bond acceptors (Lipinski definition) is 4. The highest BCUT2D eigenvalue weighted by Crippen LogP contribution is 2.26. The lowest BCUT2D eigenvalue weighted by atomic mass is 10.0. The summed E-state index contributed by atoms with van der Waals surface area (Å²) in [6.45, 7) is 11.0. The highest BCUT2D eigenvalue weighted by atomic mass is 16.3. The molecule has 2 unspecified atom stereocenters. The van der Waals surface area contributed by atoms with Crippen molar-refractivity contribution in [2.75, 3.05) is 13.1 Å². The summed E-state index contributed by atoms with van der Waals surface area (Å²) in [5.74, 6) is 1.71. The quantitative estimate of drug-likeness (QED) is 0.771. The molecule has 0 spiro atoms. The number of nitrogens with zero attached hydrogens (tertiary/aromatic N) is 1. The molecule has 0 saturated carbocycles. The van der Waals surface area contributed by atoms with Gasteiger partial charge in [0.05, 0.1) is 12.6 Å². The number of rotatable bonds is 8. The van der Waals surface area contributed by atoms with Gasteiger partial charge in [0, 0.05) is 12.1 Å². The van der Waals surface area contributed by atoms with Crippen molar-refractivity contribution >= 4 is 5.91 Å². The van der Waals surface area contributed by atoms with Crippen LogP contribution >= 0.6 is 0 Å². The average molecular weight is 295 g/mol. The molecule has 0 aromatic carbocycles. The van der Waals surface area contributed by atoms with Crippen LogP contribution in [-0.4, -0.2) is 36.0 Å². The third-order valence-electron chi connectivity index (χ3n) is 3.53. The Labute approximate surface area is 127 Å². The monoisotopic (exact) mass is 295 g/mol. The molecule has 0 saturated heterocycles. The molecule has 0 aliphatic heterocycles. The Kier molecular flexibility index (Phi) is 6.92. The highest BCUT2D eigenvalue weighted by molar-refractivity contribution is 5.78. The van der Waals surface area contributed by atoms with Crippen LogP contribution in [0.1, 0.15) is 51.7 Å². The van der Waals surface area contributed by atoms with Gasteiger partial charge < -0.3 is 15.5 Å². The van der Waals surface area contributed by atoms with E-state index in [9.17, 15) is 4.79 Å². The molecule has 1 heterocycles. The molecule has 3 N–H and O–H groups in total. The Hall–Kier alpha value is -1.33. The van der Waals surface area contributed by atoms with Gasteiger partial charge in [-0.15, -0.1) is 0 Å². The van der Waals surface area contributed by atoms with Gasteiger partial charge in [0.15, 0.2) is 0 Å². The fourth-order valence-corrected chi connectivity index (χ4v) is 2.46. The second-order valence-electron chi connectivity index (χ2n) is 5.75. The first-order valence-corrected chi connectivity index (χ1v) is 7.74. The van der Waals surface area contributed by atoms with E-state index < -0.39 is 0 Å². The number of amides is 1. The summed E-state index contributed by atoms with van der Waals surface area (Å²) in [5, 5.41) is 2.92. The van der Waals surface area contributed by atoms with E-state index in [0.717, 1.165) is 24.5 Å². The van der Waals surface area contributed by atoms with Gasteiger partial charge in [-0.1, -0.05) is 13.8 Å². The maximum absolute atomic E-state index is 12.1. The van der Waals surface area contributed by atoms with Gasteiger partial charge in [-0.05, 0) is 45.9 Å². The molecule has 1 aromatic rings. The fourth-order valence-electron chi connectivity index (χ4n) is 2.46. The number of carbonyl (C=O) groups is 1. The first kappa shape index (κ1) is 17.7. The number of nitrogens with one attached hydrogen (secondary N) is 1. The van der Waals surface area contributed by atoms with Crippen molar-refractivity contribution in [3.8, 4) is 0 Å². The van der Waals surface area contributed by atoms with Crippen LogP contribution < -0.4 is 11.1 Å². The third-order valence-corrected chi connectivity index (χ3v) is 3.53. The zero-order valence-electron chi connectivity index (χ0n) is 13.8. The van der Waals surface area contributed by atoms with Crippen molar-refractivity contribution < 1.29 is 9.21 Å². The Balaban J connectivity index is 2.91. The lowest BCUT2D eigenvalue weighted by Crippen LogP contribution is -2.46. The van der Waals surface area contributed by atoms with Gasteiger partial charge in [0.25, 0.3) is 0 Å². The summed E-state index contributed by atoms with van der Waals surface area (Å²) in [6.07, 6.45) is 0.826. The van der Waals surface area contributed by atoms with Gasteiger partial charge in [-0.3, -0.25) is 9.69 Å². The first-order valence-electron chi connectivity index (χ1n) is 7.74. The molecule has 0 fully saturated rings. The minimum absolute atomic E-state index is 0.0171. The molecule has 1 aromatic heterocycles. The van der Waals surface area contributed by atoms with Gasteiger partial charge in [0.1, 0.15) is 11.5 Å². The van der Waals surface area contributed by atoms with Gasteiger partial charge >= 0.3 is 0 Å². The zero-order chi connectivity index (χ0) is 16.0. The first-order chi connectivity index (χ1) is 9.88. The summed E-state index contributed by atoms with van der Waals surface area (Å²) in [5.41, 5.74) is 6.28. The van der Waals surface area contributed by atoms with Crippen LogP contribution in [0, 0.1) is 6.92 Å².